The number of halogens is 3. The van der Waals surface area contributed by atoms with Gasteiger partial charge >= 0.3 is 6.18 Å². The topological polar surface area (TPSA) is 35.1 Å². The molecule has 2 aliphatic carbocycles. The first-order valence-electron chi connectivity index (χ1n) is 8.27. The van der Waals surface area contributed by atoms with Crippen LogP contribution in [0.4, 0.5) is 18.9 Å². The summed E-state index contributed by atoms with van der Waals surface area (Å²) in [5.41, 5.74) is -1.06. The lowest BCUT2D eigenvalue weighted by atomic mass is 9.90. The third kappa shape index (κ3) is 2.74. The summed E-state index contributed by atoms with van der Waals surface area (Å²) < 4.78 is 41.8. The Morgan fingerprint density at radius 1 is 1.20 bits per heavy atom. The zero-order chi connectivity index (χ0) is 18.0. The van der Waals surface area contributed by atoms with Crippen LogP contribution in [0.25, 0.3) is 4.85 Å². The van der Waals surface area contributed by atoms with Gasteiger partial charge in [-0.25, -0.2) is 4.85 Å². The highest BCUT2D eigenvalue weighted by atomic mass is 32.1. The van der Waals surface area contributed by atoms with Gasteiger partial charge in [0.2, 0.25) is 5.69 Å². The van der Waals surface area contributed by atoms with E-state index in [-0.39, 0.29) is 5.69 Å². The molecule has 0 atom stereocenters. The van der Waals surface area contributed by atoms with Crippen molar-refractivity contribution in [3.63, 3.8) is 0 Å². The lowest BCUT2D eigenvalue weighted by molar-refractivity contribution is -0.133. The fourth-order valence-corrected chi connectivity index (χ4v) is 4.19. The van der Waals surface area contributed by atoms with Crippen molar-refractivity contribution < 1.29 is 13.2 Å². The molecular formula is C17H17F3N4S. The van der Waals surface area contributed by atoms with Gasteiger partial charge in [0.1, 0.15) is 16.5 Å². The monoisotopic (exact) mass is 366 g/mol. The summed E-state index contributed by atoms with van der Waals surface area (Å²) in [6.07, 6.45) is -0.185. The summed E-state index contributed by atoms with van der Waals surface area (Å²) in [7, 11) is 0. The Morgan fingerprint density at radius 3 is 2.36 bits per heavy atom. The number of thiophene rings is 1. The molecule has 0 bridgehead atoms. The number of hydrogen-bond donors (Lipinski definition) is 0. The SMILES string of the molecule is [C-]#[N+]c1cc(C(C)(C)c2nnc(C3CC3)n2C2CC2)sc1C(F)(F)F. The molecular weight excluding hydrogens is 349 g/mol. The zero-order valence-corrected chi connectivity index (χ0v) is 14.7. The first-order chi connectivity index (χ1) is 11.7. The van der Waals surface area contributed by atoms with Gasteiger partial charge in [0.15, 0.2) is 0 Å². The van der Waals surface area contributed by atoms with Crippen LogP contribution in [0.5, 0.6) is 0 Å². The molecule has 4 rings (SSSR count). The van der Waals surface area contributed by atoms with Crippen molar-refractivity contribution in [2.75, 3.05) is 0 Å². The van der Waals surface area contributed by atoms with Crippen molar-refractivity contribution in [3.05, 3.63) is 38.9 Å². The van der Waals surface area contributed by atoms with Gasteiger partial charge in [-0.1, -0.05) is 0 Å². The summed E-state index contributed by atoms with van der Waals surface area (Å²) in [5, 5.41) is 8.74. The van der Waals surface area contributed by atoms with E-state index < -0.39 is 16.5 Å². The highest BCUT2D eigenvalue weighted by Crippen LogP contribution is 2.50. The minimum absolute atomic E-state index is 0.333. The molecule has 2 fully saturated rings. The molecule has 0 spiro atoms. The second kappa shape index (κ2) is 5.31. The smallest absolute Gasteiger partial charge is 0.311 e. The molecule has 2 saturated carbocycles. The van der Waals surface area contributed by atoms with Crippen LogP contribution in [0.2, 0.25) is 0 Å². The summed E-state index contributed by atoms with van der Waals surface area (Å²) >= 11 is 0.647. The van der Waals surface area contributed by atoms with E-state index in [2.05, 4.69) is 19.6 Å². The molecule has 25 heavy (non-hydrogen) atoms. The predicted molar refractivity (Wildman–Crippen MR) is 88.0 cm³/mol. The quantitative estimate of drug-likeness (QED) is 0.675. The molecule has 0 radical (unpaired) electrons. The van der Waals surface area contributed by atoms with Gasteiger partial charge in [-0.15, -0.1) is 21.5 Å². The van der Waals surface area contributed by atoms with E-state index in [0.717, 1.165) is 31.5 Å². The molecule has 0 saturated heterocycles. The maximum Gasteiger partial charge on any atom is 0.416 e. The van der Waals surface area contributed by atoms with Gasteiger partial charge in [0.05, 0.1) is 12.0 Å². The van der Waals surface area contributed by atoms with E-state index in [1.807, 2.05) is 13.8 Å². The molecule has 0 unspecified atom stereocenters. The van der Waals surface area contributed by atoms with E-state index in [1.54, 1.807) is 0 Å². The van der Waals surface area contributed by atoms with E-state index >= 15 is 0 Å². The molecule has 132 valence electrons. The van der Waals surface area contributed by atoms with Gasteiger partial charge in [0.25, 0.3) is 0 Å². The first-order valence-corrected chi connectivity index (χ1v) is 9.09. The molecule has 0 amide bonds. The number of rotatable bonds is 4. The van der Waals surface area contributed by atoms with Gasteiger partial charge in [0, 0.05) is 16.8 Å². The second-order valence-electron chi connectivity index (χ2n) is 7.32. The average molecular weight is 366 g/mol. The van der Waals surface area contributed by atoms with Crippen LogP contribution in [-0.2, 0) is 11.6 Å². The molecule has 0 aliphatic heterocycles. The van der Waals surface area contributed by atoms with Gasteiger partial charge in [-0.05, 0) is 45.6 Å². The van der Waals surface area contributed by atoms with Crippen molar-refractivity contribution in [1.29, 1.82) is 0 Å². The summed E-state index contributed by atoms with van der Waals surface area (Å²) in [4.78, 5) is 2.75. The average Bonchev–Trinajstić information content (AvgIpc) is 3.46. The standard InChI is InChI=1S/C17H17F3N4S/c1-16(2,12-8-11(21-3)13(25-12)17(18,19)20)15-23-22-14(9-4-5-9)24(15)10-6-7-10/h8-10H,4-7H2,1-2H3. The van der Waals surface area contributed by atoms with Crippen LogP contribution in [0.1, 0.15) is 72.9 Å². The molecule has 4 nitrogen and oxygen atoms in total. The largest absolute Gasteiger partial charge is 0.416 e. The highest BCUT2D eigenvalue weighted by molar-refractivity contribution is 7.12. The minimum Gasteiger partial charge on any atom is -0.311 e. The third-order valence-corrected chi connectivity index (χ3v) is 6.33. The van der Waals surface area contributed by atoms with Crippen LogP contribution in [-0.4, -0.2) is 14.8 Å². The summed E-state index contributed by atoms with van der Waals surface area (Å²) in [5.74, 6) is 2.12. The first kappa shape index (κ1) is 16.6. The van der Waals surface area contributed by atoms with E-state index in [9.17, 15) is 13.2 Å². The lowest BCUT2D eigenvalue weighted by Crippen LogP contribution is -2.24. The Bertz CT molecular complexity index is 864. The molecule has 8 heteroatoms. The predicted octanol–water partition coefficient (Wildman–Crippen LogP) is 5.45. The van der Waals surface area contributed by atoms with Crippen LogP contribution >= 0.6 is 11.3 Å². The van der Waals surface area contributed by atoms with Crippen molar-refractivity contribution in [1.82, 2.24) is 14.8 Å². The number of nitrogens with zero attached hydrogens (tertiary/aromatic N) is 4. The number of hydrogen-bond acceptors (Lipinski definition) is 3. The fourth-order valence-electron chi connectivity index (χ4n) is 3.13. The van der Waals surface area contributed by atoms with E-state index in [1.165, 1.54) is 6.07 Å². The molecule has 0 N–H and O–H groups in total. The Balaban J connectivity index is 1.81. The van der Waals surface area contributed by atoms with E-state index in [0.29, 0.717) is 34.0 Å². The molecule has 0 aromatic carbocycles. The summed E-state index contributed by atoms with van der Waals surface area (Å²) in [6, 6.07) is 1.73. The molecule has 2 aromatic rings. The van der Waals surface area contributed by atoms with Crippen molar-refractivity contribution in [3.8, 4) is 0 Å². The Kier molecular flexibility index (Phi) is 3.52. The maximum atomic E-state index is 13.2. The Hall–Kier alpha value is -1.88. The van der Waals surface area contributed by atoms with Crippen molar-refractivity contribution in [2.24, 2.45) is 0 Å². The van der Waals surface area contributed by atoms with Crippen LogP contribution in [0.3, 0.4) is 0 Å². The highest BCUT2D eigenvalue weighted by Gasteiger charge is 2.43. The van der Waals surface area contributed by atoms with Gasteiger partial charge < -0.3 is 4.57 Å². The third-order valence-electron chi connectivity index (χ3n) is 4.84. The summed E-state index contributed by atoms with van der Waals surface area (Å²) in [6.45, 7) is 10.8. The lowest BCUT2D eigenvalue weighted by Gasteiger charge is -2.24. The molecule has 2 heterocycles. The molecule has 2 aliphatic rings. The second-order valence-corrected chi connectivity index (χ2v) is 8.37. The van der Waals surface area contributed by atoms with E-state index in [4.69, 9.17) is 6.57 Å². The van der Waals surface area contributed by atoms with Crippen molar-refractivity contribution in [2.45, 2.75) is 63.1 Å². The number of alkyl halides is 3. The van der Waals surface area contributed by atoms with Crippen LogP contribution in [0, 0.1) is 6.57 Å². The number of aromatic nitrogens is 3. The van der Waals surface area contributed by atoms with Crippen LogP contribution in [0.15, 0.2) is 6.07 Å². The van der Waals surface area contributed by atoms with Crippen LogP contribution < -0.4 is 0 Å². The van der Waals surface area contributed by atoms with Gasteiger partial charge in [-0.2, -0.15) is 13.2 Å². The fraction of sp³-hybridized carbons (Fsp3) is 0.588. The maximum absolute atomic E-state index is 13.2. The minimum atomic E-state index is -4.51. The zero-order valence-electron chi connectivity index (χ0n) is 13.9. The molecule has 2 aromatic heterocycles. The Morgan fingerprint density at radius 2 is 1.88 bits per heavy atom. The Labute approximate surface area is 147 Å². The normalized spacial score (nSPS) is 18.4. The van der Waals surface area contributed by atoms with Gasteiger partial charge in [-0.3, -0.25) is 0 Å². The van der Waals surface area contributed by atoms with Crippen molar-refractivity contribution >= 4 is 17.0 Å².